The Hall–Kier alpha value is -2.17. The van der Waals surface area contributed by atoms with Crippen molar-refractivity contribution >= 4 is 45.7 Å². The number of aromatic amines is 1. The highest BCUT2D eigenvalue weighted by molar-refractivity contribution is 6.51. The molecule has 4 nitrogen and oxygen atoms in total. The van der Waals surface area contributed by atoms with Crippen LogP contribution in [0.3, 0.4) is 0 Å². The second kappa shape index (κ2) is 6.47. The molecule has 3 aromatic rings. The SMILES string of the molecule is CC(C)(Oc1ccc([C@@H]2CC2(Cl)Cl)cc1)C(=O)Nc1cccc2[nH]ccc12. The summed E-state index contributed by atoms with van der Waals surface area (Å²) in [4.78, 5) is 15.9. The van der Waals surface area contributed by atoms with Crippen molar-refractivity contribution in [3.05, 3.63) is 60.3 Å². The van der Waals surface area contributed by atoms with Gasteiger partial charge in [-0.1, -0.05) is 18.2 Å². The Morgan fingerprint density at radius 1 is 1.19 bits per heavy atom. The van der Waals surface area contributed by atoms with E-state index in [1.165, 1.54) is 0 Å². The van der Waals surface area contributed by atoms with Gasteiger partial charge in [-0.15, -0.1) is 23.2 Å². The predicted octanol–water partition coefficient (Wildman–Crippen LogP) is 5.63. The lowest BCUT2D eigenvalue weighted by atomic mass is 10.1. The Morgan fingerprint density at radius 2 is 1.89 bits per heavy atom. The normalized spacial score (nSPS) is 18.3. The maximum Gasteiger partial charge on any atom is 0.267 e. The van der Waals surface area contributed by atoms with Crippen LogP contribution < -0.4 is 10.1 Å². The Bertz CT molecular complexity index is 993. The van der Waals surface area contributed by atoms with Gasteiger partial charge in [-0.3, -0.25) is 4.79 Å². The smallest absolute Gasteiger partial charge is 0.267 e. The lowest BCUT2D eigenvalue weighted by Gasteiger charge is -2.25. The summed E-state index contributed by atoms with van der Waals surface area (Å²) in [7, 11) is 0. The van der Waals surface area contributed by atoms with Crippen molar-refractivity contribution in [3.8, 4) is 5.75 Å². The second-order valence-corrected chi connectivity index (χ2v) is 8.94. The van der Waals surface area contributed by atoms with Gasteiger partial charge in [-0.25, -0.2) is 0 Å². The third-order valence-corrected chi connectivity index (χ3v) is 5.71. The summed E-state index contributed by atoms with van der Waals surface area (Å²) in [5.74, 6) is 0.560. The van der Waals surface area contributed by atoms with Gasteiger partial charge in [0.25, 0.3) is 5.91 Å². The molecule has 1 saturated carbocycles. The number of halogens is 2. The molecule has 0 aliphatic heterocycles. The summed E-state index contributed by atoms with van der Waals surface area (Å²) >= 11 is 12.2. The molecule has 0 unspecified atom stereocenters. The van der Waals surface area contributed by atoms with Crippen LogP contribution in [-0.4, -0.2) is 20.8 Å². The highest BCUT2D eigenvalue weighted by Crippen LogP contribution is 2.59. The van der Waals surface area contributed by atoms with E-state index in [4.69, 9.17) is 27.9 Å². The number of fused-ring (bicyclic) bond motifs is 1. The molecule has 140 valence electrons. The molecule has 1 atom stereocenters. The first kappa shape index (κ1) is 18.2. The molecule has 27 heavy (non-hydrogen) atoms. The van der Waals surface area contributed by atoms with Gasteiger partial charge in [0.2, 0.25) is 0 Å². The number of hydrogen-bond acceptors (Lipinski definition) is 2. The number of amides is 1. The van der Waals surface area contributed by atoms with E-state index in [-0.39, 0.29) is 11.8 Å². The van der Waals surface area contributed by atoms with Gasteiger partial charge in [0.15, 0.2) is 5.60 Å². The standard InChI is InChI=1S/C21H20Cl2N2O2/c1-20(2,19(26)25-18-5-3-4-17-15(18)10-11-24-17)27-14-8-6-13(7-9-14)16-12-21(16,22)23/h3-11,16,24H,12H2,1-2H3,(H,25,26)/t16-/m0/s1. The minimum absolute atomic E-state index is 0.160. The second-order valence-electron chi connectivity index (χ2n) is 7.40. The van der Waals surface area contributed by atoms with Gasteiger partial charge < -0.3 is 15.0 Å². The minimum atomic E-state index is -1.04. The topological polar surface area (TPSA) is 54.1 Å². The number of aromatic nitrogens is 1. The summed E-state index contributed by atoms with van der Waals surface area (Å²) < 4.78 is 5.30. The van der Waals surface area contributed by atoms with Crippen LogP contribution >= 0.6 is 23.2 Å². The zero-order chi connectivity index (χ0) is 19.2. The number of benzene rings is 2. The molecule has 1 fully saturated rings. The van der Waals surface area contributed by atoms with Gasteiger partial charge in [-0.05, 0) is 56.2 Å². The van der Waals surface area contributed by atoms with Gasteiger partial charge in [0.1, 0.15) is 10.1 Å². The van der Waals surface area contributed by atoms with E-state index in [9.17, 15) is 4.79 Å². The van der Waals surface area contributed by atoms with Crippen LogP contribution in [-0.2, 0) is 4.79 Å². The maximum absolute atomic E-state index is 12.8. The summed E-state index contributed by atoms with van der Waals surface area (Å²) in [5.41, 5.74) is 1.76. The fourth-order valence-electron chi connectivity index (χ4n) is 3.15. The number of anilines is 1. The van der Waals surface area contributed by atoms with Crippen LogP contribution in [0.1, 0.15) is 31.7 Å². The highest BCUT2D eigenvalue weighted by atomic mass is 35.5. The van der Waals surface area contributed by atoms with Crippen molar-refractivity contribution in [2.75, 3.05) is 5.32 Å². The molecule has 1 aliphatic carbocycles. The molecule has 2 N–H and O–H groups in total. The van der Waals surface area contributed by atoms with E-state index in [2.05, 4.69) is 10.3 Å². The molecular weight excluding hydrogens is 383 g/mol. The third-order valence-electron chi connectivity index (χ3n) is 4.87. The van der Waals surface area contributed by atoms with Crippen LogP contribution in [0.4, 0.5) is 5.69 Å². The Labute approximate surface area is 167 Å². The number of H-pyrrole nitrogens is 1. The molecule has 1 aromatic heterocycles. The lowest BCUT2D eigenvalue weighted by Crippen LogP contribution is -2.42. The molecule has 0 spiro atoms. The fraction of sp³-hybridized carbons (Fsp3) is 0.286. The number of nitrogens with one attached hydrogen (secondary N) is 2. The zero-order valence-electron chi connectivity index (χ0n) is 15.1. The summed E-state index contributed by atoms with van der Waals surface area (Å²) in [5, 5.41) is 3.92. The van der Waals surface area contributed by atoms with Crippen molar-refractivity contribution in [2.45, 2.75) is 36.1 Å². The molecule has 2 aromatic carbocycles. The first-order valence-corrected chi connectivity index (χ1v) is 9.56. The molecule has 1 heterocycles. The van der Waals surface area contributed by atoms with Crippen LogP contribution in [0.2, 0.25) is 0 Å². The zero-order valence-corrected chi connectivity index (χ0v) is 16.6. The number of ether oxygens (including phenoxy) is 1. The average Bonchev–Trinajstić information content (AvgIpc) is 3.03. The quantitative estimate of drug-likeness (QED) is 0.543. The van der Waals surface area contributed by atoms with Crippen LogP contribution in [0.15, 0.2) is 54.7 Å². The van der Waals surface area contributed by atoms with Crippen molar-refractivity contribution < 1.29 is 9.53 Å². The van der Waals surface area contributed by atoms with E-state index < -0.39 is 9.93 Å². The highest BCUT2D eigenvalue weighted by Gasteiger charge is 2.52. The summed E-state index contributed by atoms with van der Waals surface area (Å²) in [6.45, 7) is 3.49. The van der Waals surface area contributed by atoms with Crippen molar-refractivity contribution in [1.82, 2.24) is 4.98 Å². The van der Waals surface area contributed by atoms with Crippen molar-refractivity contribution in [2.24, 2.45) is 0 Å². The average molecular weight is 403 g/mol. The van der Waals surface area contributed by atoms with E-state index in [0.29, 0.717) is 5.75 Å². The molecule has 6 heteroatoms. The molecule has 0 bridgehead atoms. The molecule has 1 amide bonds. The fourth-order valence-corrected chi connectivity index (χ4v) is 3.71. The molecular formula is C21H20Cl2N2O2. The largest absolute Gasteiger partial charge is 0.478 e. The third kappa shape index (κ3) is 3.64. The lowest BCUT2D eigenvalue weighted by molar-refractivity contribution is -0.128. The van der Waals surface area contributed by atoms with Gasteiger partial charge in [0, 0.05) is 23.0 Å². The minimum Gasteiger partial charge on any atom is -0.478 e. The maximum atomic E-state index is 12.8. The Morgan fingerprint density at radius 3 is 2.56 bits per heavy atom. The molecule has 0 saturated heterocycles. The first-order valence-electron chi connectivity index (χ1n) is 8.81. The van der Waals surface area contributed by atoms with Crippen LogP contribution in [0, 0.1) is 0 Å². The van der Waals surface area contributed by atoms with Gasteiger partial charge >= 0.3 is 0 Å². The molecule has 0 radical (unpaired) electrons. The predicted molar refractivity (Wildman–Crippen MR) is 110 cm³/mol. The Balaban J connectivity index is 1.46. The first-order chi connectivity index (χ1) is 12.8. The number of hydrogen-bond donors (Lipinski definition) is 2. The van der Waals surface area contributed by atoms with Crippen LogP contribution in [0.25, 0.3) is 10.9 Å². The van der Waals surface area contributed by atoms with Gasteiger partial charge in [-0.2, -0.15) is 0 Å². The van der Waals surface area contributed by atoms with E-state index >= 15 is 0 Å². The molecule has 1 aliphatic rings. The van der Waals surface area contributed by atoms with Crippen molar-refractivity contribution in [3.63, 3.8) is 0 Å². The van der Waals surface area contributed by atoms with Gasteiger partial charge in [0.05, 0.1) is 5.69 Å². The summed E-state index contributed by atoms with van der Waals surface area (Å²) in [6.07, 6.45) is 2.61. The van der Waals surface area contributed by atoms with E-state index in [0.717, 1.165) is 28.6 Å². The number of alkyl halides is 2. The Kier molecular flexibility index (Phi) is 4.36. The monoisotopic (exact) mass is 402 g/mol. The number of carbonyl (C=O) groups excluding carboxylic acids is 1. The number of rotatable bonds is 5. The van der Waals surface area contributed by atoms with E-state index in [1.54, 1.807) is 13.8 Å². The van der Waals surface area contributed by atoms with Crippen LogP contribution in [0.5, 0.6) is 5.75 Å². The number of carbonyl (C=O) groups is 1. The van der Waals surface area contributed by atoms with Crippen molar-refractivity contribution in [1.29, 1.82) is 0 Å². The van der Waals surface area contributed by atoms with E-state index in [1.807, 2.05) is 54.7 Å². The summed E-state index contributed by atoms with van der Waals surface area (Å²) in [6, 6.07) is 15.3. The molecule has 4 rings (SSSR count).